The minimum Gasteiger partial charge on any atom is -0.508 e. The maximum absolute atomic E-state index is 12.6. The minimum atomic E-state index is -4.59. The molecule has 0 radical (unpaired) electrons. The topological polar surface area (TPSA) is 526 Å². The van der Waals surface area contributed by atoms with Crippen molar-refractivity contribution in [1.29, 1.82) is 0 Å². The number of hydrogen-bond donors (Lipinski definition) is 15. The lowest BCUT2D eigenvalue weighted by Gasteiger charge is -2.13. The summed E-state index contributed by atoms with van der Waals surface area (Å²) in [5.74, 6) is -0.624. The summed E-state index contributed by atoms with van der Waals surface area (Å²) in [7, 11) is -0.113. The third-order valence-corrected chi connectivity index (χ3v) is 16.3. The second kappa shape index (κ2) is 48.3. The van der Waals surface area contributed by atoms with Crippen LogP contribution in [0.25, 0.3) is 0 Å². The van der Waals surface area contributed by atoms with Crippen LogP contribution in [0.15, 0.2) is 195 Å². The summed E-state index contributed by atoms with van der Waals surface area (Å²) in [6.07, 6.45) is -13.5. The maximum Gasteiger partial charge on any atom is 0.422 e. The van der Waals surface area contributed by atoms with Crippen LogP contribution >= 0.6 is 8.60 Å². The predicted octanol–water partition coefficient (Wildman–Crippen LogP) is 14.6. The second-order valence-electron chi connectivity index (χ2n) is 26.2. The van der Waals surface area contributed by atoms with E-state index in [0.717, 1.165) is 34.6 Å². The molecule has 0 spiro atoms. The Morgan fingerprint density at radius 3 is 0.940 bits per heavy atom. The zero-order chi connectivity index (χ0) is 95.7. The molecule has 0 saturated heterocycles. The van der Waals surface area contributed by atoms with E-state index < -0.39 is 108 Å². The standard InChI is InChI=1S/C21H21F3N5O6P.C20H18F3N5O5.C20H18F3N5O4.C19H16F3N5O4.CH4/c1-2-33-19(30)14-5-8-16(26-11-14)27-18-9-17(28-20(29-18)34-12-21(22,23)24)25-10-13-3-6-15(7-4-13)35-36(31)32;1-32-18(30)13-4-7-17(28(31)10-13)25-16-8-15(24-9-12-2-5-14(29)6-3-12)26-19(27-16)33-11-20(21,22)23;1-31-18(30)13-4-7-15(25-10-13)26-17-8-16(24-9-12-2-5-14(29)6-3-12)27-19(28-17)32-11-20(21,22)23;20-19(21,22)10-31-18-26-15(23-8-11-1-4-13(28)5-2-11)7-16(27-18)25-14-6-3-12(9-24-14)17(29)30;/h3-9,11,31-32H,2,10,12H2,1H3,(H2,25,26,27,28,29);2-8,10,31H,9,11H2,1H3,(H2,24,26,27,29);2-8,10,29H,9,11H2,1H3,(H2,24,25,26,27,28);1-7,9,28H,8,10H2,(H,29,30)(H2,23,24,25,26,27);1H4/p+1. The van der Waals surface area contributed by atoms with Gasteiger partial charge < -0.3 is 110 Å². The van der Waals surface area contributed by atoms with Gasteiger partial charge in [0.25, 0.3) is 0 Å². The van der Waals surface area contributed by atoms with E-state index in [4.69, 9.17) is 28.9 Å². The minimum absolute atomic E-state index is 0. The van der Waals surface area contributed by atoms with E-state index >= 15 is 0 Å². The van der Waals surface area contributed by atoms with Crippen molar-refractivity contribution in [2.24, 2.45) is 0 Å². The number of halogens is 12. The summed E-state index contributed by atoms with van der Waals surface area (Å²) in [6.45, 7) is -3.42. The number of nitrogens with one attached hydrogen (secondary N) is 8. The van der Waals surface area contributed by atoms with Crippen LogP contribution in [-0.2, 0) is 40.4 Å². The van der Waals surface area contributed by atoms with Gasteiger partial charge in [-0.3, -0.25) is 0 Å². The van der Waals surface area contributed by atoms with Gasteiger partial charge in [-0.2, -0.15) is 92.6 Å². The second-order valence-corrected chi connectivity index (χ2v) is 26.8. The Balaban J connectivity index is 0.000000218. The molecule has 15 N–H and O–H groups in total. The number of rotatable bonds is 35. The molecule has 52 heteroatoms. The number of esters is 3. The fourth-order valence-corrected chi connectivity index (χ4v) is 10.3. The van der Waals surface area contributed by atoms with E-state index in [9.17, 15) is 92.4 Å². The van der Waals surface area contributed by atoms with Gasteiger partial charge in [-0.1, -0.05) is 60.7 Å². The zero-order valence-electron chi connectivity index (χ0n) is 68.2. The van der Waals surface area contributed by atoms with Crippen molar-refractivity contribution in [1.82, 2.24) is 54.8 Å². The maximum atomic E-state index is 12.6. The number of ether oxygens (including phenoxy) is 7. The van der Waals surface area contributed by atoms with Crippen molar-refractivity contribution in [2.45, 2.75) is 65.2 Å². The number of pyridine rings is 4. The number of aromatic carboxylic acids is 1. The average molecular weight is 1890 g/mol. The molecule has 0 bridgehead atoms. The first-order valence-electron chi connectivity index (χ1n) is 37.5. The van der Waals surface area contributed by atoms with Crippen LogP contribution in [0.2, 0.25) is 0 Å². The quantitative estimate of drug-likeness (QED) is 0.00438. The molecule has 0 aliphatic heterocycles. The fourth-order valence-electron chi connectivity index (χ4n) is 9.99. The number of alkyl halides is 12. The van der Waals surface area contributed by atoms with Crippen molar-refractivity contribution < 1.29 is 150 Å². The van der Waals surface area contributed by atoms with Crippen LogP contribution in [0.3, 0.4) is 0 Å². The first kappa shape index (κ1) is 102. The van der Waals surface area contributed by atoms with Gasteiger partial charge in [0.15, 0.2) is 32.6 Å². The summed E-state index contributed by atoms with van der Waals surface area (Å²) in [5, 5.41) is 70.0. The molecule has 704 valence electrons. The molecular weight excluding hydrogens is 1820 g/mol. The molecule has 12 aromatic rings. The number of anilines is 12. The lowest BCUT2D eigenvalue weighted by Crippen LogP contribution is -2.34. The number of phenols is 3. The van der Waals surface area contributed by atoms with Crippen LogP contribution in [0.1, 0.15) is 78.0 Å². The number of methoxy groups -OCH3 is 2. The smallest absolute Gasteiger partial charge is 0.422 e. The van der Waals surface area contributed by atoms with E-state index in [2.05, 4.69) is 121 Å². The lowest BCUT2D eigenvalue weighted by atomic mass is 10.2. The molecule has 8 aromatic heterocycles. The number of phenolic OH excluding ortho intramolecular Hbond substituents is 3. The van der Waals surface area contributed by atoms with E-state index in [1.165, 1.54) is 148 Å². The van der Waals surface area contributed by atoms with Crippen molar-refractivity contribution in [3.05, 3.63) is 239 Å². The van der Waals surface area contributed by atoms with Crippen LogP contribution in [0.4, 0.5) is 122 Å². The molecule has 4 aromatic carbocycles. The Labute approximate surface area is 745 Å². The van der Waals surface area contributed by atoms with Gasteiger partial charge in [-0.15, -0.1) is 0 Å². The van der Waals surface area contributed by atoms with Crippen molar-refractivity contribution in [3.8, 4) is 47.0 Å². The van der Waals surface area contributed by atoms with Gasteiger partial charge in [0, 0.05) is 75.1 Å². The molecule has 0 aliphatic carbocycles. The molecule has 133 heavy (non-hydrogen) atoms. The zero-order valence-corrected chi connectivity index (χ0v) is 69.1. The fraction of sp³-hybridized carbons (Fsp3) is 0.210. The molecular formula is C81H78F12N20O19P+. The number of benzene rings is 4. The first-order chi connectivity index (χ1) is 62.6. The summed E-state index contributed by atoms with van der Waals surface area (Å²) in [4.78, 5) is 107. The summed E-state index contributed by atoms with van der Waals surface area (Å²) in [6, 6.07) is 40.2. The Morgan fingerprint density at radius 1 is 0.376 bits per heavy atom. The van der Waals surface area contributed by atoms with E-state index in [1.54, 1.807) is 55.5 Å². The molecule has 0 saturated carbocycles. The molecule has 0 amide bonds. The van der Waals surface area contributed by atoms with Crippen LogP contribution in [0.5, 0.6) is 47.0 Å². The predicted molar refractivity (Wildman–Crippen MR) is 448 cm³/mol. The van der Waals surface area contributed by atoms with Crippen LogP contribution < -0.4 is 70.7 Å². The third-order valence-electron chi connectivity index (χ3n) is 15.9. The van der Waals surface area contributed by atoms with E-state index in [0.29, 0.717) is 4.73 Å². The Hall–Kier alpha value is -16.2. The molecule has 39 nitrogen and oxygen atoms in total. The largest absolute Gasteiger partial charge is 0.508 e. The van der Waals surface area contributed by atoms with Crippen LogP contribution in [0, 0.1) is 0 Å². The summed E-state index contributed by atoms with van der Waals surface area (Å²) in [5.41, 5.74) is 3.59. The summed E-state index contributed by atoms with van der Waals surface area (Å²) >= 11 is 0. The number of carbonyl (C=O) groups is 4. The SMILES string of the molecule is C.CCOC(=O)c1ccc(Nc2cc(NCc3ccc(OP(O)O)cc3)nc(OCC(F)(F)F)n2)nc1.COC(=O)c1ccc(Nc2cc(NCc3ccc(O)cc3)nc(OCC(F)(F)F)n2)[n+](O)c1.COC(=O)c1ccc(Nc2cc(NCc3ccc(O)cc3)nc(OCC(F)(F)F)n2)nc1.O=C(O)c1ccc(Nc2cc(NCc3ccc(O)cc3)nc(OCC(F)(F)F)n2)nc1. The highest BCUT2D eigenvalue weighted by atomic mass is 31.2. The molecule has 8 heterocycles. The molecule has 0 unspecified atom stereocenters. The van der Waals surface area contributed by atoms with Crippen LogP contribution in [-0.4, -0.2) is 186 Å². The molecule has 0 atom stereocenters. The number of carboxylic acid groups (broad SMARTS) is 1. The average Bonchev–Trinajstić information content (AvgIpc) is 0.841. The number of hydrogen-bond acceptors (Lipinski definition) is 37. The van der Waals surface area contributed by atoms with Gasteiger partial charge in [-0.05, 0) is 120 Å². The number of carbonyl (C=O) groups excluding carboxylic acids is 3. The number of aromatic nitrogens is 12. The van der Waals surface area contributed by atoms with Gasteiger partial charge in [0.1, 0.15) is 86.7 Å². The van der Waals surface area contributed by atoms with E-state index in [1.807, 2.05) is 0 Å². The third kappa shape index (κ3) is 36.8. The van der Waals surface area contributed by atoms with Crippen molar-refractivity contribution in [3.63, 3.8) is 0 Å². The van der Waals surface area contributed by atoms with Gasteiger partial charge >= 0.3 is 87.0 Å². The lowest BCUT2D eigenvalue weighted by molar-refractivity contribution is -0.893. The molecule has 12 rings (SSSR count). The first-order valence-corrected chi connectivity index (χ1v) is 38.7. The monoisotopic (exact) mass is 1890 g/mol. The van der Waals surface area contributed by atoms with Crippen molar-refractivity contribution in [2.75, 3.05) is 89.8 Å². The number of carboxylic acids is 1. The van der Waals surface area contributed by atoms with Gasteiger partial charge in [0.05, 0.1) is 37.5 Å². The number of nitrogens with zero attached hydrogens (tertiary/aromatic N) is 12. The van der Waals surface area contributed by atoms with E-state index in [-0.39, 0.29) is 155 Å². The Kier molecular flexibility index (Phi) is 37.1. The highest BCUT2D eigenvalue weighted by Gasteiger charge is 2.33. The Bertz CT molecular complexity index is 5790. The van der Waals surface area contributed by atoms with Gasteiger partial charge in [0.2, 0.25) is 5.82 Å². The molecule has 0 fully saturated rings. The highest BCUT2D eigenvalue weighted by Crippen LogP contribution is 2.32. The summed E-state index contributed by atoms with van der Waals surface area (Å²) < 4.78 is 189. The highest BCUT2D eigenvalue weighted by molar-refractivity contribution is 7.39. The normalized spacial score (nSPS) is 11.0. The van der Waals surface area contributed by atoms with Gasteiger partial charge in [-0.25, -0.2) is 39.4 Å². The van der Waals surface area contributed by atoms with Crippen molar-refractivity contribution >= 4 is 102 Å². The number of aromatic hydroxyl groups is 3. The Morgan fingerprint density at radius 2 is 0.662 bits per heavy atom. The molecule has 0 aliphatic rings.